The summed E-state index contributed by atoms with van der Waals surface area (Å²) in [5.74, 6) is -0.640. The number of ether oxygens (including phenoxy) is 1. The first-order chi connectivity index (χ1) is 13.4. The summed E-state index contributed by atoms with van der Waals surface area (Å²) in [6.45, 7) is 0.986. The molecule has 148 valence electrons. The molecule has 0 aliphatic heterocycles. The molecule has 0 aliphatic rings. The van der Waals surface area contributed by atoms with Gasteiger partial charge in [-0.3, -0.25) is 9.59 Å². The minimum Gasteiger partial charge on any atom is -0.435 e. The molecule has 7 heteroatoms. The van der Waals surface area contributed by atoms with Crippen LogP contribution in [0.25, 0.3) is 6.08 Å². The quantitative estimate of drug-likeness (QED) is 0.656. The van der Waals surface area contributed by atoms with Crippen LogP contribution in [0.3, 0.4) is 0 Å². The highest BCUT2D eigenvalue weighted by molar-refractivity contribution is 6.07. The highest BCUT2D eigenvalue weighted by atomic mass is 19.3. The van der Waals surface area contributed by atoms with Crippen LogP contribution >= 0.6 is 0 Å². The summed E-state index contributed by atoms with van der Waals surface area (Å²) < 4.78 is 28.6. The van der Waals surface area contributed by atoms with E-state index in [4.69, 9.17) is 0 Å². The molecule has 0 saturated carbocycles. The van der Waals surface area contributed by atoms with Gasteiger partial charge in [0.25, 0.3) is 5.91 Å². The standard InChI is InChI=1S/C21H22F2N2O3/c1-3-14(2)24-20(27)17-6-4-5-7-18(17)25-19(26)13-10-15-8-11-16(12-9-15)28-21(22)23/h4-14,21H,3H2,1-2H3,(H,24,27)(H,25,26)/b13-10+. The van der Waals surface area contributed by atoms with E-state index in [-0.39, 0.29) is 17.7 Å². The lowest BCUT2D eigenvalue weighted by molar-refractivity contribution is -0.111. The third kappa shape index (κ3) is 6.50. The summed E-state index contributed by atoms with van der Waals surface area (Å²) >= 11 is 0. The van der Waals surface area contributed by atoms with Gasteiger partial charge in [-0.1, -0.05) is 31.2 Å². The van der Waals surface area contributed by atoms with Crippen molar-refractivity contribution in [2.75, 3.05) is 5.32 Å². The molecule has 2 aromatic rings. The fraction of sp³-hybridized carbons (Fsp3) is 0.238. The molecule has 28 heavy (non-hydrogen) atoms. The normalized spacial score (nSPS) is 12.0. The highest BCUT2D eigenvalue weighted by Gasteiger charge is 2.13. The number of hydrogen-bond donors (Lipinski definition) is 2. The average Bonchev–Trinajstić information content (AvgIpc) is 2.67. The van der Waals surface area contributed by atoms with Crippen molar-refractivity contribution in [3.63, 3.8) is 0 Å². The zero-order valence-corrected chi connectivity index (χ0v) is 15.6. The van der Waals surface area contributed by atoms with Crippen LogP contribution in [0.4, 0.5) is 14.5 Å². The zero-order chi connectivity index (χ0) is 20.5. The Kier molecular flexibility index (Phi) is 7.68. The molecule has 2 N–H and O–H groups in total. The van der Waals surface area contributed by atoms with Crippen LogP contribution in [0, 0.1) is 0 Å². The number of anilines is 1. The second-order valence-electron chi connectivity index (χ2n) is 6.10. The summed E-state index contributed by atoms with van der Waals surface area (Å²) in [5, 5.41) is 5.54. The Morgan fingerprint density at radius 3 is 2.43 bits per heavy atom. The maximum Gasteiger partial charge on any atom is 0.387 e. The predicted octanol–water partition coefficient (Wildman–Crippen LogP) is 4.47. The fourth-order valence-corrected chi connectivity index (χ4v) is 2.30. The van der Waals surface area contributed by atoms with Crippen molar-refractivity contribution in [2.24, 2.45) is 0 Å². The second-order valence-corrected chi connectivity index (χ2v) is 6.10. The molecule has 2 aromatic carbocycles. The van der Waals surface area contributed by atoms with Crippen LogP contribution in [-0.2, 0) is 4.79 Å². The van der Waals surface area contributed by atoms with Gasteiger partial charge in [0.05, 0.1) is 11.3 Å². The SMILES string of the molecule is CCC(C)NC(=O)c1ccccc1NC(=O)/C=C/c1ccc(OC(F)F)cc1. The number of alkyl halides is 2. The van der Waals surface area contributed by atoms with Gasteiger partial charge in [0, 0.05) is 12.1 Å². The van der Waals surface area contributed by atoms with Crippen LogP contribution in [0.1, 0.15) is 36.2 Å². The van der Waals surface area contributed by atoms with Gasteiger partial charge < -0.3 is 15.4 Å². The molecule has 0 spiro atoms. The lowest BCUT2D eigenvalue weighted by atomic mass is 10.1. The van der Waals surface area contributed by atoms with Crippen molar-refractivity contribution in [3.8, 4) is 5.75 Å². The number of benzene rings is 2. The number of rotatable bonds is 8. The minimum atomic E-state index is -2.88. The van der Waals surface area contributed by atoms with E-state index in [9.17, 15) is 18.4 Å². The van der Waals surface area contributed by atoms with Gasteiger partial charge in [0.1, 0.15) is 5.75 Å². The third-order valence-electron chi connectivity index (χ3n) is 3.95. The van der Waals surface area contributed by atoms with E-state index in [1.165, 1.54) is 24.3 Å². The van der Waals surface area contributed by atoms with Gasteiger partial charge in [-0.05, 0) is 49.2 Å². The van der Waals surface area contributed by atoms with E-state index in [0.717, 1.165) is 6.42 Å². The average molecular weight is 388 g/mol. The van der Waals surface area contributed by atoms with Crippen molar-refractivity contribution in [1.29, 1.82) is 0 Å². The molecule has 2 amide bonds. The van der Waals surface area contributed by atoms with Crippen molar-refractivity contribution in [2.45, 2.75) is 32.9 Å². The number of hydrogen-bond acceptors (Lipinski definition) is 3. The summed E-state index contributed by atoms with van der Waals surface area (Å²) in [7, 11) is 0. The summed E-state index contributed by atoms with van der Waals surface area (Å²) in [4.78, 5) is 24.6. The summed E-state index contributed by atoms with van der Waals surface area (Å²) in [6.07, 6.45) is 3.62. The van der Waals surface area contributed by atoms with Crippen molar-refractivity contribution in [3.05, 3.63) is 65.7 Å². The third-order valence-corrected chi connectivity index (χ3v) is 3.95. The molecule has 1 unspecified atom stereocenters. The highest BCUT2D eigenvalue weighted by Crippen LogP contribution is 2.17. The number of carbonyl (C=O) groups is 2. The molecule has 5 nitrogen and oxygen atoms in total. The summed E-state index contributed by atoms with van der Waals surface area (Å²) in [6, 6.07) is 12.6. The maximum atomic E-state index is 12.4. The minimum absolute atomic E-state index is 0.0215. The first kappa shape index (κ1) is 21.1. The first-order valence-corrected chi connectivity index (χ1v) is 8.83. The molecule has 0 fully saturated rings. The van der Waals surface area contributed by atoms with Crippen molar-refractivity contribution in [1.82, 2.24) is 5.32 Å². The molecule has 2 rings (SSSR count). The number of carbonyl (C=O) groups excluding carboxylic acids is 2. The van der Waals surface area contributed by atoms with Crippen molar-refractivity contribution < 1.29 is 23.1 Å². The molecule has 0 saturated heterocycles. The molecular weight excluding hydrogens is 366 g/mol. The van der Waals surface area contributed by atoms with Gasteiger partial charge in [-0.2, -0.15) is 8.78 Å². The predicted molar refractivity (Wildman–Crippen MR) is 104 cm³/mol. The van der Waals surface area contributed by atoms with E-state index in [2.05, 4.69) is 15.4 Å². The largest absolute Gasteiger partial charge is 0.435 e. The van der Waals surface area contributed by atoms with Crippen molar-refractivity contribution >= 4 is 23.6 Å². The number of para-hydroxylation sites is 1. The van der Waals surface area contributed by atoms with E-state index in [1.54, 1.807) is 36.4 Å². The zero-order valence-electron chi connectivity index (χ0n) is 15.6. The van der Waals surface area contributed by atoms with E-state index in [0.29, 0.717) is 16.8 Å². The Morgan fingerprint density at radius 2 is 1.79 bits per heavy atom. The van der Waals surface area contributed by atoms with E-state index in [1.807, 2.05) is 13.8 Å². The molecule has 0 bridgehead atoms. The smallest absolute Gasteiger partial charge is 0.387 e. The topological polar surface area (TPSA) is 67.4 Å². The van der Waals surface area contributed by atoms with Gasteiger partial charge >= 0.3 is 6.61 Å². The lowest BCUT2D eigenvalue weighted by Gasteiger charge is -2.14. The van der Waals surface area contributed by atoms with E-state index < -0.39 is 12.5 Å². The van der Waals surface area contributed by atoms with Crippen LogP contribution in [0.15, 0.2) is 54.6 Å². The van der Waals surface area contributed by atoms with Gasteiger partial charge in [-0.25, -0.2) is 0 Å². The second kappa shape index (κ2) is 10.2. The van der Waals surface area contributed by atoms with Crippen LogP contribution in [0.5, 0.6) is 5.75 Å². The van der Waals surface area contributed by atoms with Crippen LogP contribution < -0.4 is 15.4 Å². The van der Waals surface area contributed by atoms with E-state index >= 15 is 0 Å². The van der Waals surface area contributed by atoms with Gasteiger partial charge in [0.15, 0.2) is 0 Å². The van der Waals surface area contributed by atoms with Crippen LogP contribution in [0.2, 0.25) is 0 Å². The molecule has 0 aliphatic carbocycles. The number of halogens is 2. The lowest BCUT2D eigenvalue weighted by Crippen LogP contribution is -2.32. The Balaban J connectivity index is 2.03. The Hall–Kier alpha value is -3.22. The monoisotopic (exact) mass is 388 g/mol. The number of amides is 2. The Bertz CT molecular complexity index is 836. The Labute approximate surface area is 162 Å². The van der Waals surface area contributed by atoms with Gasteiger partial charge in [-0.15, -0.1) is 0 Å². The molecule has 1 atom stereocenters. The van der Waals surface area contributed by atoms with Crippen LogP contribution in [-0.4, -0.2) is 24.5 Å². The summed E-state index contributed by atoms with van der Waals surface area (Å²) in [5.41, 5.74) is 1.41. The van der Waals surface area contributed by atoms with Gasteiger partial charge in [0.2, 0.25) is 5.91 Å². The first-order valence-electron chi connectivity index (χ1n) is 8.83. The number of nitrogens with one attached hydrogen (secondary N) is 2. The molecular formula is C21H22F2N2O3. The molecule has 0 heterocycles. The fourth-order valence-electron chi connectivity index (χ4n) is 2.30. The maximum absolute atomic E-state index is 12.4. The molecule has 0 aromatic heterocycles. The Morgan fingerprint density at radius 1 is 1.11 bits per heavy atom. The molecule has 0 radical (unpaired) electrons.